The Morgan fingerprint density at radius 3 is 2.18 bits per heavy atom. The van der Waals surface area contributed by atoms with Gasteiger partial charge in [-0.25, -0.2) is 0 Å². The van der Waals surface area contributed by atoms with E-state index in [1.54, 1.807) is 0 Å². The predicted molar refractivity (Wildman–Crippen MR) is 41.6 cm³/mol. The minimum atomic E-state index is -0.551. The second-order valence-corrected chi connectivity index (χ2v) is 2.03. The molecule has 0 saturated heterocycles. The standard InChI is InChI=1S/C5H10N6/c1-2-3-4-5(8-10-6)9-11-7/h5H,2-4H2,1H3. The van der Waals surface area contributed by atoms with E-state index in [2.05, 4.69) is 20.1 Å². The van der Waals surface area contributed by atoms with Crippen LogP contribution < -0.4 is 0 Å². The van der Waals surface area contributed by atoms with Crippen molar-refractivity contribution >= 4 is 0 Å². The van der Waals surface area contributed by atoms with Crippen LogP contribution in [0.1, 0.15) is 26.2 Å². The summed E-state index contributed by atoms with van der Waals surface area (Å²) in [6.45, 7) is 2.02. The molecule has 0 aliphatic rings. The van der Waals surface area contributed by atoms with Crippen molar-refractivity contribution in [3.63, 3.8) is 0 Å². The molecule has 0 aromatic heterocycles. The molecule has 0 saturated carbocycles. The number of hydrogen-bond donors (Lipinski definition) is 0. The molecule has 0 fully saturated rings. The van der Waals surface area contributed by atoms with E-state index in [1.165, 1.54) is 0 Å². The van der Waals surface area contributed by atoms with Crippen molar-refractivity contribution in [2.75, 3.05) is 0 Å². The Morgan fingerprint density at radius 1 is 1.27 bits per heavy atom. The SMILES string of the molecule is CCCCC(N=[N+]=[N-])N=[N+]=[N-]. The molecule has 11 heavy (non-hydrogen) atoms. The van der Waals surface area contributed by atoms with Crippen molar-refractivity contribution in [1.82, 2.24) is 0 Å². The van der Waals surface area contributed by atoms with E-state index in [1.807, 2.05) is 6.92 Å². The lowest BCUT2D eigenvalue weighted by atomic mass is 10.2. The molecule has 0 bridgehead atoms. The Hall–Kier alpha value is -1.38. The monoisotopic (exact) mass is 154 g/mol. The van der Waals surface area contributed by atoms with Crippen LogP contribution in [0.2, 0.25) is 0 Å². The lowest BCUT2D eigenvalue weighted by Gasteiger charge is -1.99. The molecular formula is C5H10N6. The number of unbranched alkanes of at least 4 members (excludes halogenated alkanes) is 1. The Labute approximate surface area is 64.5 Å². The Morgan fingerprint density at radius 2 is 1.82 bits per heavy atom. The first-order valence-electron chi connectivity index (χ1n) is 3.43. The van der Waals surface area contributed by atoms with Gasteiger partial charge in [0.15, 0.2) is 0 Å². The summed E-state index contributed by atoms with van der Waals surface area (Å²) < 4.78 is 0. The fraction of sp³-hybridized carbons (Fsp3) is 1.00. The molecule has 0 aliphatic heterocycles. The van der Waals surface area contributed by atoms with Crippen LogP contribution in [0.25, 0.3) is 20.9 Å². The smallest absolute Gasteiger partial charge is 0.0846 e. The van der Waals surface area contributed by atoms with Crippen LogP contribution in [0.3, 0.4) is 0 Å². The molecule has 0 rings (SSSR count). The van der Waals surface area contributed by atoms with Gasteiger partial charge in [-0.05, 0) is 17.5 Å². The summed E-state index contributed by atoms with van der Waals surface area (Å²) in [7, 11) is 0. The van der Waals surface area contributed by atoms with Gasteiger partial charge in [0.1, 0.15) is 6.17 Å². The summed E-state index contributed by atoms with van der Waals surface area (Å²) in [5.74, 6) is 0. The molecule has 0 spiro atoms. The quantitative estimate of drug-likeness (QED) is 0.330. The van der Waals surface area contributed by atoms with Gasteiger partial charge >= 0.3 is 0 Å². The highest BCUT2D eigenvalue weighted by atomic mass is 15.3. The van der Waals surface area contributed by atoms with Gasteiger partial charge in [0.2, 0.25) is 0 Å². The summed E-state index contributed by atoms with van der Waals surface area (Å²) in [5.41, 5.74) is 16.1. The van der Waals surface area contributed by atoms with Crippen molar-refractivity contribution in [3.05, 3.63) is 20.9 Å². The molecule has 6 nitrogen and oxygen atoms in total. The van der Waals surface area contributed by atoms with Crippen molar-refractivity contribution in [2.45, 2.75) is 32.4 Å². The van der Waals surface area contributed by atoms with E-state index in [9.17, 15) is 0 Å². The maximum Gasteiger partial charge on any atom is 0.116 e. The molecular weight excluding hydrogens is 144 g/mol. The van der Waals surface area contributed by atoms with Crippen LogP contribution in [0.5, 0.6) is 0 Å². The summed E-state index contributed by atoms with van der Waals surface area (Å²) in [6, 6.07) is 0. The first kappa shape index (κ1) is 9.62. The molecule has 0 N–H and O–H groups in total. The van der Waals surface area contributed by atoms with Crippen LogP contribution in [-0.4, -0.2) is 6.17 Å². The van der Waals surface area contributed by atoms with E-state index in [4.69, 9.17) is 11.1 Å². The highest BCUT2D eigenvalue weighted by Crippen LogP contribution is 2.05. The van der Waals surface area contributed by atoms with Crippen molar-refractivity contribution in [1.29, 1.82) is 0 Å². The summed E-state index contributed by atoms with van der Waals surface area (Å²) in [4.78, 5) is 5.14. The fourth-order valence-corrected chi connectivity index (χ4v) is 0.644. The highest BCUT2D eigenvalue weighted by Gasteiger charge is 2.00. The second kappa shape index (κ2) is 6.74. The number of rotatable bonds is 5. The summed E-state index contributed by atoms with van der Waals surface area (Å²) in [5, 5.41) is 6.62. The first-order valence-corrected chi connectivity index (χ1v) is 3.43. The van der Waals surface area contributed by atoms with Gasteiger partial charge in [0.05, 0.1) is 0 Å². The fourth-order valence-electron chi connectivity index (χ4n) is 0.644. The van der Waals surface area contributed by atoms with Gasteiger partial charge in [0.25, 0.3) is 0 Å². The molecule has 0 aromatic rings. The molecule has 0 amide bonds. The minimum Gasteiger partial charge on any atom is -0.0846 e. The van der Waals surface area contributed by atoms with Crippen LogP contribution in [0.15, 0.2) is 10.2 Å². The molecule has 0 radical (unpaired) electrons. The Balaban J connectivity index is 3.88. The summed E-state index contributed by atoms with van der Waals surface area (Å²) in [6.07, 6.45) is 1.98. The molecule has 0 aromatic carbocycles. The Kier molecular flexibility index (Phi) is 5.89. The van der Waals surface area contributed by atoms with Crippen molar-refractivity contribution in [3.8, 4) is 0 Å². The number of azide groups is 1. The molecule has 0 atom stereocenters. The zero-order chi connectivity index (χ0) is 8.53. The molecule has 0 unspecified atom stereocenters. The van der Waals surface area contributed by atoms with Crippen LogP contribution in [0.4, 0.5) is 0 Å². The minimum absolute atomic E-state index is 0.551. The van der Waals surface area contributed by atoms with E-state index in [0.717, 1.165) is 12.8 Å². The van der Waals surface area contributed by atoms with Gasteiger partial charge in [-0.2, -0.15) is 0 Å². The maximum absolute atomic E-state index is 8.04. The second-order valence-electron chi connectivity index (χ2n) is 2.03. The van der Waals surface area contributed by atoms with Crippen molar-refractivity contribution in [2.24, 2.45) is 10.2 Å². The van der Waals surface area contributed by atoms with Gasteiger partial charge < -0.3 is 0 Å². The van der Waals surface area contributed by atoms with E-state index >= 15 is 0 Å². The largest absolute Gasteiger partial charge is 0.116 e. The van der Waals surface area contributed by atoms with Crippen LogP contribution >= 0.6 is 0 Å². The third kappa shape index (κ3) is 5.08. The van der Waals surface area contributed by atoms with Gasteiger partial charge in [-0.15, -0.1) is 0 Å². The molecule has 0 heterocycles. The molecule has 0 aliphatic carbocycles. The van der Waals surface area contributed by atoms with Crippen LogP contribution in [0, 0.1) is 0 Å². The van der Waals surface area contributed by atoms with Gasteiger partial charge in [-0.3, -0.25) is 0 Å². The highest BCUT2D eigenvalue weighted by molar-refractivity contribution is 4.64. The lowest BCUT2D eigenvalue weighted by molar-refractivity contribution is 0.590. The number of nitrogens with zero attached hydrogens (tertiary/aromatic N) is 6. The third-order valence-corrected chi connectivity index (χ3v) is 1.19. The van der Waals surface area contributed by atoms with Crippen LogP contribution in [-0.2, 0) is 0 Å². The normalized spacial score (nSPS) is 11.0. The Bertz CT molecular complexity index is 169. The maximum atomic E-state index is 8.04. The average Bonchev–Trinajstić information content (AvgIpc) is 2.01. The summed E-state index contributed by atoms with van der Waals surface area (Å²) >= 11 is 0. The first-order chi connectivity index (χ1) is 5.35. The zero-order valence-electron chi connectivity index (χ0n) is 6.38. The van der Waals surface area contributed by atoms with Crippen molar-refractivity contribution < 1.29 is 0 Å². The molecule has 6 heteroatoms. The van der Waals surface area contributed by atoms with Gasteiger partial charge in [-0.1, -0.05) is 30.0 Å². The predicted octanol–water partition coefficient (Wildman–Crippen LogP) is 3.12. The number of hydrogen-bond acceptors (Lipinski definition) is 2. The van der Waals surface area contributed by atoms with E-state index in [-0.39, 0.29) is 0 Å². The van der Waals surface area contributed by atoms with E-state index in [0.29, 0.717) is 6.42 Å². The third-order valence-electron chi connectivity index (χ3n) is 1.19. The van der Waals surface area contributed by atoms with Gasteiger partial charge in [0, 0.05) is 9.82 Å². The molecule has 60 valence electrons. The zero-order valence-corrected chi connectivity index (χ0v) is 6.38. The lowest BCUT2D eigenvalue weighted by Crippen LogP contribution is -1.96. The van der Waals surface area contributed by atoms with E-state index < -0.39 is 6.17 Å². The topological polar surface area (TPSA) is 97.5 Å². The average molecular weight is 154 g/mol.